The van der Waals surface area contributed by atoms with Gasteiger partial charge in [0.1, 0.15) is 12.7 Å². The fourth-order valence-electron chi connectivity index (χ4n) is 6.66. The summed E-state index contributed by atoms with van der Waals surface area (Å²) in [5.74, 6) is 0.937. The van der Waals surface area contributed by atoms with Crippen LogP contribution in [0.4, 0.5) is 0 Å². The first kappa shape index (κ1) is 25.7. The zero-order valence-corrected chi connectivity index (χ0v) is 22.0. The van der Waals surface area contributed by atoms with E-state index in [-0.39, 0.29) is 17.4 Å². The number of nitrogens with zero attached hydrogens (tertiary/aromatic N) is 4. The molecule has 1 amide bonds. The maximum Gasteiger partial charge on any atom is 0.240 e. The Morgan fingerprint density at radius 3 is 2.47 bits per heavy atom. The predicted molar refractivity (Wildman–Crippen MR) is 141 cm³/mol. The van der Waals surface area contributed by atoms with Crippen molar-refractivity contribution in [2.75, 3.05) is 26.3 Å². The van der Waals surface area contributed by atoms with Crippen LogP contribution in [-0.4, -0.2) is 64.0 Å². The number of hydrogen-bond donors (Lipinski definition) is 1. The summed E-state index contributed by atoms with van der Waals surface area (Å²) in [5, 5.41) is 8.88. The van der Waals surface area contributed by atoms with Crippen LogP contribution in [0.15, 0.2) is 36.9 Å². The molecule has 36 heavy (non-hydrogen) atoms. The highest BCUT2D eigenvalue weighted by atomic mass is 35.5. The summed E-state index contributed by atoms with van der Waals surface area (Å²) < 4.78 is 7.57. The monoisotopic (exact) mass is 513 g/mol. The third-order valence-corrected chi connectivity index (χ3v) is 9.05. The Balaban J connectivity index is 1.28. The SMILES string of the molecule is O=C([C@@H](Cc1ccc(Cl)cc1)NC1CCOCC1)N1CCC(Cn2cncn2)(C2CCCCC2)CC1. The lowest BCUT2D eigenvalue weighted by molar-refractivity contribution is -0.137. The van der Waals surface area contributed by atoms with Gasteiger partial charge in [0.2, 0.25) is 5.91 Å². The van der Waals surface area contributed by atoms with Crippen LogP contribution < -0.4 is 5.32 Å². The van der Waals surface area contributed by atoms with Crippen LogP contribution in [0.3, 0.4) is 0 Å². The van der Waals surface area contributed by atoms with Gasteiger partial charge in [-0.05, 0) is 74.0 Å². The number of piperidine rings is 1. The van der Waals surface area contributed by atoms with Gasteiger partial charge in [0.05, 0.1) is 6.04 Å². The fraction of sp³-hybridized carbons (Fsp3) is 0.679. The van der Waals surface area contributed by atoms with E-state index in [2.05, 4.69) is 20.3 Å². The van der Waals surface area contributed by atoms with Crippen LogP contribution in [0.5, 0.6) is 0 Å². The summed E-state index contributed by atoms with van der Waals surface area (Å²) in [7, 11) is 0. The Labute approximate surface area is 219 Å². The predicted octanol–water partition coefficient (Wildman–Crippen LogP) is 4.50. The third kappa shape index (κ3) is 6.29. The topological polar surface area (TPSA) is 72.3 Å². The van der Waals surface area contributed by atoms with E-state index in [1.807, 2.05) is 35.3 Å². The van der Waals surface area contributed by atoms with Gasteiger partial charge in [-0.2, -0.15) is 5.10 Å². The minimum Gasteiger partial charge on any atom is -0.381 e. The third-order valence-electron chi connectivity index (χ3n) is 8.79. The molecule has 2 aromatic rings. The van der Waals surface area contributed by atoms with Crippen LogP contribution in [0, 0.1) is 11.3 Å². The highest BCUT2D eigenvalue weighted by Crippen LogP contribution is 2.47. The van der Waals surface area contributed by atoms with E-state index >= 15 is 0 Å². The number of carbonyl (C=O) groups is 1. The molecule has 3 heterocycles. The smallest absolute Gasteiger partial charge is 0.240 e. The summed E-state index contributed by atoms with van der Waals surface area (Å²) >= 11 is 6.11. The molecule has 1 aliphatic carbocycles. The lowest BCUT2D eigenvalue weighted by atomic mass is 9.63. The zero-order chi connectivity index (χ0) is 24.8. The molecule has 1 aromatic heterocycles. The van der Waals surface area contributed by atoms with Crippen molar-refractivity contribution in [3.8, 4) is 0 Å². The second kappa shape index (κ2) is 12.1. The van der Waals surface area contributed by atoms with E-state index in [9.17, 15) is 4.79 Å². The first-order chi connectivity index (χ1) is 17.6. The molecule has 0 radical (unpaired) electrons. The largest absolute Gasteiger partial charge is 0.381 e. The van der Waals surface area contributed by atoms with Gasteiger partial charge in [-0.3, -0.25) is 9.48 Å². The Hall–Kier alpha value is -1.96. The fourth-order valence-corrected chi connectivity index (χ4v) is 6.79. The Morgan fingerprint density at radius 2 is 1.81 bits per heavy atom. The van der Waals surface area contributed by atoms with E-state index in [4.69, 9.17) is 16.3 Å². The maximum absolute atomic E-state index is 13.9. The molecule has 2 saturated heterocycles. The molecule has 3 fully saturated rings. The minimum atomic E-state index is -0.230. The quantitative estimate of drug-likeness (QED) is 0.562. The molecule has 2 aliphatic heterocycles. The zero-order valence-electron chi connectivity index (χ0n) is 21.3. The van der Waals surface area contributed by atoms with Crippen LogP contribution >= 0.6 is 11.6 Å². The lowest BCUT2D eigenvalue weighted by Gasteiger charge is -2.48. The van der Waals surface area contributed by atoms with Crippen LogP contribution in [0.2, 0.25) is 5.02 Å². The van der Waals surface area contributed by atoms with Crippen molar-refractivity contribution >= 4 is 17.5 Å². The number of rotatable bonds is 8. The highest BCUT2D eigenvalue weighted by Gasteiger charge is 2.43. The van der Waals surface area contributed by atoms with Crippen molar-refractivity contribution in [2.45, 2.75) is 82.8 Å². The van der Waals surface area contributed by atoms with Gasteiger partial charge in [-0.25, -0.2) is 4.98 Å². The van der Waals surface area contributed by atoms with Gasteiger partial charge < -0.3 is 15.0 Å². The molecule has 5 rings (SSSR count). The molecule has 0 spiro atoms. The minimum absolute atomic E-state index is 0.199. The summed E-state index contributed by atoms with van der Waals surface area (Å²) in [6.07, 6.45) is 14.7. The Kier molecular flexibility index (Phi) is 8.60. The Bertz CT molecular complexity index is 947. The van der Waals surface area contributed by atoms with Gasteiger partial charge in [-0.1, -0.05) is 43.0 Å². The second-order valence-corrected chi connectivity index (χ2v) is 11.5. The molecule has 0 unspecified atom stereocenters. The average Bonchev–Trinajstić information content (AvgIpc) is 3.43. The summed E-state index contributed by atoms with van der Waals surface area (Å²) in [4.78, 5) is 20.2. The summed E-state index contributed by atoms with van der Waals surface area (Å²) in [6, 6.07) is 7.99. The van der Waals surface area contributed by atoms with E-state index in [0.717, 1.165) is 69.1 Å². The average molecular weight is 514 g/mol. The maximum atomic E-state index is 13.9. The van der Waals surface area contributed by atoms with Gasteiger partial charge >= 0.3 is 0 Å². The summed E-state index contributed by atoms with van der Waals surface area (Å²) in [5.41, 5.74) is 1.34. The molecule has 7 nitrogen and oxygen atoms in total. The second-order valence-electron chi connectivity index (χ2n) is 11.1. The first-order valence-corrected chi connectivity index (χ1v) is 14.2. The lowest BCUT2D eigenvalue weighted by Crippen LogP contribution is -2.55. The van der Waals surface area contributed by atoms with Crippen molar-refractivity contribution in [3.63, 3.8) is 0 Å². The van der Waals surface area contributed by atoms with Crippen molar-refractivity contribution in [2.24, 2.45) is 11.3 Å². The van der Waals surface area contributed by atoms with Gasteiger partial charge in [0.15, 0.2) is 0 Å². The van der Waals surface area contributed by atoms with E-state index in [1.54, 1.807) is 6.33 Å². The first-order valence-electron chi connectivity index (χ1n) is 13.8. The van der Waals surface area contributed by atoms with Crippen molar-refractivity contribution in [1.29, 1.82) is 0 Å². The number of halogens is 1. The molecule has 3 aliphatic rings. The van der Waals surface area contributed by atoms with Crippen molar-refractivity contribution in [1.82, 2.24) is 25.0 Å². The number of carbonyl (C=O) groups excluding carboxylic acids is 1. The highest BCUT2D eigenvalue weighted by molar-refractivity contribution is 6.30. The normalized spacial score (nSPS) is 22.4. The molecule has 0 bridgehead atoms. The molecule has 8 heteroatoms. The number of benzene rings is 1. The van der Waals surface area contributed by atoms with Crippen molar-refractivity contribution in [3.05, 3.63) is 47.5 Å². The Morgan fingerprint density at radius 1 is 1.08 bits per heavy atom. The standard InChI is InChI=1S/C28H40ClN5O2/c29-24-8-6-22(7-9-24)18-26(32-25-10-16-36-17-11-25)27(35)33-14-12-28(13-15-33,19-34-21-30-20-31-34)23-4-2-1-3-5-23/h6-9,20-21,23,25-26,32H,1-5,10-19H2/t26-/m1/s1. The van der Waals surface area contributed by atoms with E-state index in [1.165, 1.54) is 32.1 Å². The van der Waals surface area contributed by atoms with Gasteiger partial charge in [-0.15, -0.1) is 0 Å². The number of likely N-dealkylation sites (tertiary alicyclic amines) is 1. The van der Waals surface area contributed by atoms with Crippen LogP contribution in [0.1, 0.15) is 63.4 Å². The van der Waals surface area contributed by atoms with Crippen molar-refractivity contribution < 1.29 is 9.53 Å². The van der Waals surface area contributed by atoms with E-state index in [0.29, 0.717) is 18.4 Å². The molecule has 1 atom stereocenters. The molecule has 1 N–H and O–H groups in total. The number of nitrogens with one attached hydrogen (secondary N) is 1. The number of hydrogen-bond acceptors (Lipinski definition) is 5. The van der Waals surface area contributed by atoms with E-state index < -0.39 is 0 Å². The summed E-state index contributed by atoms with van der Waals surface area (Å²) in [6.45, 7) is 4.06. The molecular weight excluding hydrogens is 474 g/mol. The van der Waals surface area contributed by atoms with Crippen LogP contribution in [-0.2, 0) is 22.5 Å². The number of ether oxygens (including phenoxy) is 1. The van der Waals surface area contributed by atoms with Crippen LogP contribution in [0.25, 0.3) is 0 Å². The number of amides is 1. The molecule has 1 saturated carbocycles. The number of aromatic nitrogens is 3. The van der Waals surface area contributed by atoms with Gasteiger partial charge in [0, 0.05) is 43.9 Å². The molecule has 196 valence electrons. The van der Waals surface area contributed by atoms with Gasteiger partial charge in [0.25, 0.3) is 0 Å². The molecule has 1 aromatic carbocycles. The molecular formula is C28H40ClN5O2.